The number of carbonyl (C=O) groups is 2. The normalized spacial score (nSPS) is 15.5. The second-order valence-electron chi connectivity index (χ2n) is 6.12. The largest absolute Gasteiger partial charge is 0.472 e. The summed E-state index contributed by atoms with van der Waals surface area (Å²) in [5.41, 5.74) is 1.05. The third-order valence-electron chi connectivity index (χ3n) is 4.22. The zero-order valence-corrected chi connectivity index (χ0v) is 14.2. The third-order valence-corrected chi connectivity index (χ3v) is 4.22. The number of anilines is 2. The van der Waals surface area contributed by atoms with Gasteiger partial charge in [0.2, 0.25) is 5.91 Å². The predicted molar refractivity (Wildman–Crippen MR) is 94.6 cm³/mol. The standard InChI is InChI=1S/C18H22N4O3/c1-13(20-18(24)14-7-11-25-12-14)17(23)21-15-6-5-8-19-16(15)22-9-3-2-4-10-22/h5-8,11-13H,2-4,9-10H2,1H3,(H,20,24)(H,21,23). The van der Waals surface area contributed by atoms with Crippen LogP contribution in [0.1, 0.15) is 36.5 Å². The fourth-order valence-electron chi connectivity index (χ4n) is 2.83. The Bertz CT molecular complexity index is 724. The molecule has 2 amide bonds. The second kappa shape index (κ2) is 7.83. The summed E-state index contributed by atoms with van der Waals surface area (Å²) >= 11 is 0. The Kier molecular flexibility index (Phi) is 5.33. The number of nitrogens with one attached hydrogen (secondary N) is 2. The van der Waals surface area contributed by atoms with E-state index in [1.54, 1.807) is 25.3 Å². The van der Waals surface area contributed by atoms with Crippen molar-refractivity contribution in [3.05, 3.63) is 42.5 Å². The lowest BCUT2D eigenvalue weighted by molar-refractivity contribution is -0.117. The molecule has 7 nitrogen and oxygen atoms in total. The maximum Gasteiger partial charge on any atom is 0.255 e. The zero-order chi connectivity index (χ0) is 17.6. The molecule has 0 aliphatic carbocycles. The van der Waals surface area contributed by atoms with Crippen molar-refractivity contribution in [2.45, 2.75) is 32.2 Å². The molecule has 2 aromatic heterocycles. The predicted octanol–water partition coefficient (Wildman–Crippen LogP) is 2.42. The Morgan fingerprint density at radius 1 is 1.24 bits per heavy atom. The van der Waals surface area contributed by atoms with E-state index in [0.29, 0.717) is 11.3 Å². The van der Waals surface area contributed by atoms with E-state index in [2.05, 4.69) is 20.5 Å². The lowest BCUT2D eigenvalue weighted by Crippen LogP contribution is -2.42. The van der Waals surface area contributed by atoms with Crippen LogP contribution in [0.3, 0.4) is 0 Å². The summed E-state index contributed by atoms with van der Waals surface area (Å²) in [5, 5.41) is 5.53. The van der Waals surface area contributed by atoms with Crippen LogP contribution in [0, 0.1) is 0 Å². The molecule has 2 aromatic rings. The quantitative estimate of drug-likeness (QED) is 0.871. The van der Waals surface area contributed by atoms with Crippen molar-refractivity contribution >= 4 is 23.3 Å². The van der Waals surface area contributed by atoms with Gasteiger partial charge in [-0.15, -0.1) is 0 Å². The van der Waals surface area contributed by atoms with Crippen molar-refractivity contribution in [1.29, 1.82) is 0 Å². The molecule has 1 aliphatic rings. The van der Waals surface area contributed by atoms with Crippen molar-refractivity contribution in [1.82, 2.24) is 10.3 Å². The van der Waals surface area contributed by atoms with Crippen LogP contribution in [0.2, 0.25) is 0 Å². The molecule has 3 heterocycles. The number of carbonyl (C=O) groups excluding carboxylic acids is 2. The number of pyridine rings is 1. The molecule has 1 atom stereocenters. The first-order chi connectivity index (χ1) is 12.1. The summed E-state index contributed by atoms with van der Waals surface area (Å²) < 4.78 is 4.88. The molecule has 132 valence electrons. The van der Waals surface area contributed by atoms with Crippen molar-refractivity contribution in [3.63, 3.8) is 0 Å². The average Bonchev–Trinajstić information content (AvgIpc) is 3.17. The number of amides is 2. The van der Waals surface area contributed by atoms with Gasteiger partial charge in [-0.2, -0.15) is 0 Å². The molecular formula is C18H22N4O3. The van der Waals surface area contributed by atoms with Crippen LogP contribution in [-0.2, 0) is 4.79 Å². The summed E-state index contributed by atoms with van der Waals surface area (Å²) in [5.74, 6) is 0.144. The van der Waals surface area contributed by atoms with Gasteiger partial charge in [0.1, 0.15) is 12.3 Å². The Hall–Kier alpha value is -2.83. The van der Waals surface area contributed by atoms with Gasteiger partial charge >= 0.3 is 0 Å². The third kappa shape index (κ3) is 4.17. The van der Waals surface area contributed by atoms with Crippen molar-refractivity contribution in [2.75, 3.05) is 23.3 Å². The van der Waals surface area contributed by atoms with Gasteiger partial charge in [-0.05, 0) is 44.4 Å². The topological polar surface area (TPSA) is 87.5 Å². The molecule has 0 bridgehead atoms. The van der Waals surface area contributed by atoms with E-state index in [9.17, 15) is 9.59 Å². The van der Waals surface area contributed by atoms with Gasteiger partial charge in [0.25, 0.3) is 5.91 Å². The van der Waals surface area contributed by atoms with Crippen LogP contribution in [0.15, 0.2) is 41.3 Å². The monoisotopic (exact) mass is 342 g/mol. The van der Waals surface area contributed by atoms with Crippen LogP contribution < -0.4 is 15.5 Å². The molecule has 3 rings (SSSR count). The highest BCUT2D eigenvalue weighted by atomic mass is 16.3. The van der Waals surface area contributed by atoms with E-state index in [1.165, 1.54) is 18.9 Å². The van der Waals surface area contributed by atoms with Crippen molar-refractivity contribution in [3.8, 4) is 0 Å². The molecule has 7 heteroatoms. The number of furan rings is 1. The van der Waals surface area contributed by atoms with Crippen LogP contribution in [0.5, 0.6) is 0 Å². The van der Waals surface area contributed by atoms with Crippen molar-refractivity contribution < 1.29 is 14.0 Å². The maximum absolute atomic E-state index is 12.5. The Labute approximate surface area is 146 Å². The summed E-state index contributed by atoms with van der Waals surface area (Å²) in [7, 11) is 0. The number of hydrogen-bond acceptors (Lipinski definition) is 5. The van der Waals surface area contributed by atoms with Gasteiger partial charge in [-0.3, -0.25) is 9.59 Å². The Balaban J connectivity index is 1.65. The minimum Gasteiger partial charge on any atom is -0.472 e. The number of nitrogens with zero attached hydrogens (tertiary/aromatic N) is 2. The molecule has 1 unspecified atom stereocenters. The van der Waals surface area contributed by atoms with Gasteiger partial charge in [0.15, 0.2) is 5.82 Å². The number of piperidine rings is 1. The molecule has 0 aromatic carbocycles. The molecular weight excluding hydrogens is 320 g/mol. The van der Waals surface area contributed by atoms with Gasteiger partial charge < -0.3 is 20.0 Å². The molecule has 1 saturated heterocycles. The van der Waals surface area contributed by atoms with E-state index in [0.717, 1.165) is 31.7 Å². The highest BCUT2D eigenvalue weighted by Gasteiger charge is 2.21. The molecule has 1 aliphatic heterocycles. The number of rotatable bonds is 5. The van der Waals surface area contributed by atoms with E-state index in [4.69, 9.17) is 4.42 Å². The Morgan fingerprint density at radius 3 is 2.76 bits per heavy atom. The molecule has 0 spiro atoms. The van der Waals surface area contributed by atoms with Crippen molar-refractivity contribution in [2.24, 2.45) is 0 Å². The molecule has 0 radical (unpaired) electrons. The SMILES string of the molecule is CC(NC(=O)c1ccoc1)C(=O)Nc1cccnc1N1CCCCC1. The average molecular weight is 342 g/mol. The van der Waals surface area contributed by atoms with Crippen LogP contribution in [0.4, 0.5) is 11.5 Å². The molecule has 25 heavy (non-hydrogen) atoms. The van der Waals surface area contributed by atoms with Crippen LogP contribution in [-0.4, -0.2) is 35.9 Å². The van der Waals surface area contributed by atoms with Gasteiger partial charge in [-0.25, -0.2) is 4.98 Å². The fraction of sp³-hybridized carbons (Fsp3) is 0.389. The highest BCUT2D eigenvalue weighted by molar-refractivity contribution is 6.01. The first kappa shape index (κ1) is 17.0. The van der Waals surface area contributed by atoms with Crippen LogP contribution in [0.25, 0.3) is 0 Å². The number of hydrogen-bond donors (Lipinski definition) is 2. The van der Waals surface area contributed by atoms with Gasteiger partial charge in [0, 0.05) is 19.3 Å². The molecule has 0 saturated carbocycles. The first-order valence-electron chi connectivity index (χ1n) is 8.49. The van der Waals surface area contributed by atoms with Crippen LogP contribution >= 0.6 is 0 Å². The smallest absolute Gasteiger partial charge is 0.255 e. The number of aromatic nitrogens is 1. The first-order valence-corrected chi connectivity index (χ1v) is 8.49. The van der Waals surface area contributed by atoms with E-state index in [-0.39, 0.29) is 11.8 Å². The van der Waals surface area contributed by atoms with Gasteiger partial charge in [-0.1, -0.05) is 0 Å². The van der Waals surface area contributed by atoms with E-state index >= 15 is 0 Å². The lowest BCUT2D eigenvalue weighted by Gasteiger charge is -2.29. The van der Waals surface area contributed by atoms with E-state index < -0.39 is 6.04 Å². The highest BCUT2D eigenvalue weighted by Crippen LogP contribution is 2.25. The lowest BCUT2D eigenvalue weighted by atomic mass is 10.1. The molecule has 1 fully saturated rings. The minimum atomic E-state index is -0.684. The zero-order valence-electron chi connectivity index (χ0n) is 14.2. The summed E-state index contributed by atoms with van der Waals surface area (Å²) in [4.78, 5) is 31.1. The second-order valence-corrected chi connectivity index (χ2v) is 6.12. The summed E-state index contributed by atoms with van der Waals surface area (Å²) in [6, 6.07) is 4.49. The fourth-order valence-corrected chi connectivity index (χ4v) is 2.83. The minimum absolute atomic E-state index is 0.289. The summed E-state index contributed by atoms with van der Waals surface area (Å²) in [6.45, 7) is 3.52. The van der Waals surface area contributed by atoms with Gasteiger partial charge in [0.05, 0.1) is 17.5 Å². The van der Waals surface area contributed by atoms with E-state index in [1.807, 2.05) is 6.07 Å². The Morgan fingerprint density at radius 2 is 2.04 bits per heavy atom. The summed E-state index contributed by atoms with van der Waals surface area (Å²) in [6.07, 6.45) is 7.96. The molecule has 2 N–H and O–H groups in total. The maximum atomic E-state index is 12.5.